The maximum atomic E-state index is 6.27. The molecule has 1 aromatic heterocycles. The van der Waals surface area contributed by atoms with E-state index in [4.69, 9.17) is 22.1 Å². The number of nitrogens with two attached hydrogens (primary N) is 1. The third-order valence-corrected chi connectivity index (χ3v) is 3.85. The lowest BCUT2D eigenvalue weighted by Crippen LogP contribution is -2.18. The molecular weight excluding hydrogens is 274 g/mol. The van der Waals surface area contributed by atoms with Crippen molar-refractivity contribution in [1.29, 1.82) is 0 Å². The standard InChI is InChI=1S/C15H28ClN3O/c1-3-4-5-6-7-8-9-14(17)15-13(16)12-18-19(15)10-11-20-2/h12,14H,3-11,17H2,1-2H3. The average Bonchev–Trinajstić information content (AvgIpc) is 2.81. The molecule has 0 aromatic carbocycles. The van der Waals surface area contributed by atoms with Crippen LogP contribution < -0.4 is 5.73 Å². The molecule has 0 saturated heterocycles. The highest BCUT2D eigenvalue weighted by atomic mass is 35.5. The van der Waals surface area contributed by atoms with E-state index < -0.39 is 0 Å². The highest BCUT2D eigenvalue weighted by Crippen LogP contribution is 2.25. The number of unbranched alkanes of at least 4 members (excludes halogenated alkanes) is 5. The predicted molar refractivity (Wildman–Crippen MR) is 84.0 cm³/mol. The lowest BCUT2D eigenvalue weighted by Gasteiger charge is -2.15. The van der Waals surface area contributed by atoms with Crippen LogP contribution in [0.4, 0.5) is 0 Å². The van der Waals surface area contributed by atoms with E-state index in [2.05, 4.69) is 12.0 Å². The van der Waals surface area contributed by atoms with Crippen molar-refractivity contribution in [2.45, 2.75) is 64.5 Å². The Hall–Kier alpha value is -0.580. The lowest BCUT2D eigenvalue weighted by atomic mass is 10.0. The molecule has 0 saturated carbocycles. The van der Waals surface area contributed by atoms with E-state index in [-0.39, 0.29) is 6.04 Å². The molecule has 0 bridgehead atoms. The first-order chi connectivity index (χ1) is 9.70. The van der Waals surface area contributed by atoms with Crippen molar-refractivity contribution in [2.75, 3.05) is 13.7 Å². The number of rotatable bonds is 11. The molecule has 0 aliphatic carbocycles. The summed E-state index contributed by atoms with van der Waals surface area (Å²) in [7, 11) is 1.68. The summed E-state index contributed by atoms with van der Waals surface area (Å²) in [6, 6.07) is -0.0342. The first-order valence-corrected chi connectivity index (χ1v) is 8.04. The summed E-state index contributed by atoms with van der Waals surface area (Å²) >= 11 is 6.20. The van der Waals surface area contributed by atoms with Gasteiger partial charge in [-0.25, -0.2) is 0 Å². The van der Waals surface area contributed by atoms with E-state index >= 15 is 0 Å². The highest BCUT2D eigenvalue weighted by Gasteiger charge is 2.16. The van der Waals surface area contributed by atoms with Crippen molar-refractivity contribution in [3.63, 3.8) is 0 Å². The summed E-state index contributed by atoms with van der Waals surface area (Å²) in [4.78, 5) is 0. The minimum Gasteiger partial charge on any atom is -0.383 e. The summed E-state index contributed by atoms with van der Waals surface area (Å²) in [5.74, 6) is 0. The Morgan fingerprint density at radius 1 is 1.30 bits per heavy atom. The smallest absolute Gasteiger partial charge is 0.0834 e. The molecular formula is C15H28ClN3O. The molecule has 5 heteroatoms. The van der Waals surface area contributed by atoms with Crippen LogP contribution in [0.3, 0.4) is 0 Å². The van der Waals surface area contributed by atoms with Crippen LogP contribution >= 0.6 is 11.6 Å². The fourth-order valence-corrected chi connectivity index (χ4v) is 2.66. The van der Waals surface area contributed by atoms with E-state index in [0.29, 0.717) is 18.2 Å². The molecule has 0 spiro atoms. The van der Waals surface area contributed by atoms with Gasteiger partial charge in [0.25, 0.3) is 0 Å². The maximum Gasteiger partial charge on any atom is 0.0834 e. The van der Waals surface area contributed by atoms with Crippen LogP contribution in [0.5, 0.6) is 0 Å². The van der Waals surface area contributed by atoms with Gasteiger partial charge >= 0.3 is 0 Å². The number of aromatic nitrogens is 2. The number of ether oxygens (including phenoxy) is 1. The maximum absolute atomic E-state index is 6.27. The van der Waals surface area contributed by atoms with E-state index in [1.165, 1.54) is 32.1 Å². The van der Waals surface area contributed by atoms with Crippen LogP contribution in [0.25, 0.3) is 0 Å². The van der Waals surface area contributed by atoms with Crippen LogP contribution in [0.2, 0.25) is 5.02 Å². The molecule has 1 atom stereocenters. The fraction of sp³-hybridized carbons (Fsp3) is 0.800. The number of methoxy groups -OCH3 is 1. The zero-order chi connectivity index (χ0) is 14.8. The highest BCUT2D eigenvalue weighted by molar-refractivity contribution is 6.31. The normalized spacial score (nSPS) is 12.8. The van der Waals surface area contributed by atoms with Crippen LogP contribution in [0.1, 0.15) is 63.6 Å². The molecule has 0 radical (unpaired) electrons. The third-order valence-electron chi connectivity index (χ3n) is 3.56. The van der Waals surface area contributed by atoms with Crippen molar-refractivity contribution in [3.8, 4) is 0 Å². The molecule has 20 heavy (non-hydrogen) atoms. The first kappa shape index (κ1) is 17.5. The molecule has 1 heterocycles. The molecule has 4 nitrogen and oxygen atoms in total. The van der Waals surface area contributed by atoms with Gasteiger partial charge in [0.15, 0.2) is 0 Å². The Morgan fingerprint density at radius 3 is 2.70 bits per heavy atom. The molecule has 0 aliphatic heterocycles. The fourth-order valence-electron chi connectivity index (χ4n) is 2.38. The summed E-state index contributed by atoms with van der Waals surface area (Å²) < 4.78 is 6.95. The Bertz CT molecular complexity index is 368. The van der Waals surface area contributed by atoms with Gasteiger partial charge in [-0.05, 0) is 6.42 Å². The minimum absolute atomic E-state index is 0.0342. The van der Waals surface area contributed by atoms with Gasteiger partial charge in [0, 0.05) is 13.2 Å². The average molecular weight is 302 g/mol. The van der Waals surface area contributed by atoms with Gasteiger partial charge < -0.3 is 10.5 Å². The second-order valence-corrected chi connectivity index (χ2v) is 5.66. The van der Waals surface area contributed by atoms with Crippen molar-refractivity contribution < 1.29 is 4.74 Å². The largest absolute Gasteiger partial charge is 0.383 e. The summed E-state index contributed by atoms with van der Waals surface area (Å²) in [5.41, 5.74) is 7.21. The Balaban J connectivity index is 2.38. The second-order valence-electron chi connectivity index (χ2n) is 5.26. The van der Waals surface area contributed by atoms with Gasteiger partial charge in [-0.2, -0.15) is 5.10 Å². The molecule has 0 aliphatic rings. The van der Waals surface area contributed by atoms with Crippen LogP contribution in [-0.4, -0.2) is 23.5 Å². The molecule has 0 fully saturated rings. The third kappa shape index (κ3) is 5.81. The van der Waals surface area contributed by atoms with E-state index in [1.54, 1.807) is 13.3 Å². The number of hydrogen-bond acceptors (Lipinski definition) is 3. The van der Waals surface area contributed by atoms with E-state index in [1.807, 2.05) is 4.68 Å². The minimum atomic E-state index is -0.0342. The van der Waals surface area contributed by atoms with E-state index in [0.717, 1.165) is 18.5 Å². The number of halogens is 1. The lowest BCUT2D eigenvalue weighted by molar-refractivity contribution is 0.182. The van der Waals surface area contributed by atoms with Crippen molar-refractivity contribution >= 4 is 11.6 Å². The van der Waals surface area contributed by atoms with Crippen molar-refractivity contribution in [2.24, 2.45) is 5.73 Å². The number of nitrogens with zero attached hydrogens (tertiary/aromatic N) is 2. The molecule has 2 N–H and O–H groups in total. The zero-order valence-corrected chi connectivity index (χ0v) is 13.5. The summed E-state index contributed by atoms with van der Waals surface area (Å²) in [6.45, 7) is 3.55. The van der Waals surface area contributed by atoms with Crippen LogP contribution in [-0.2, 0) is 11.3 Å². The number of hydrogen-bond donors (Lipinski definition) is 1. The second kappa shape index (κ2) is 10.2. The zero-order valence-electron chi connectivity index (χ0n) is 12.8. The van der Waals surface area contributed by atoms with Crippen molar-refractivity contribution in [3.05, 3.63) is 16.9 Å². The van der Waals surface area contributed by atoms with E-state index in [9.17, 15) is 0 Å². The van der Waals surface area contributed by atoms with Crippen molar-refractivity contribution in [1.82, 2.24) is 9.78 Å². The van der Waals surface area contributed by atoms with Gasteiger partial charge in [0.1, 0.15) is 0 Å². The summed E-state index contributed by atoms with van der Waals surface area (Å²) in [5, 5.41) is 4.93. The Morgan fingerprint density at radius 2 is 2.00 bits per heavy atom. The summed E-state index contributed by atoms with van der Waals surface area (Å²) in [6.07, 6.45) is 10.3. The van der Waals surface area contributed by atoms with Gasteiger partial charge in [0.05, 0.1) is 30.1 Å². The van der Waals surface area contributed by atoms with Gasteiger partial charge in [-0.15, -0.1) is 0 Å². The Kier molecular flexibility index (Phi) is 8.90. The predicted octanol–water partition coefficient (Wildman–Crippen LogP) is 3.93. The topological polar surface area (TPSA) is 53.1 Å². The van der Waals surface area contributed by atoms with Gasteiger partial charge in [-0.1, -0.05) is 57.0 Å². The first-order valence-electron chi connectivity index (χ1n) is 7.66. The molecule has 0 amide bonds. The monoisotopic (exact) mass is 301 g/mol. The molecule has 116 valence electrons. The molecule has 1 rings (SSSR count). The van der Waals surface area contributed by atoms with Gasteiger partial charge in [-0.3, -0.25) is 4.68 Å². The molecule has 1 aromatic rings. The van der Waals surface area contributed by atoms with Crippen LogP contribution in [0, 0.1) is 0 Å². The van der Waals surface area contributed by atoms with Crippen LogP contribution in [0.15, 0.2) is 6.20 Å². The van der Waals surface area contributed by atoms with Gasteiger partial charge in [0.2, 0.25) is 0 Å². The Labute approximate surface area is 127 Å². The quantitative estimate of drug-likeness (QED) is 0.630. The molecule has 1 unspecified atom stereocenters. The SMILES string of the molecule is CCCCCCCCC(N)c1c(Cl)cnn1CCOC.